The summed E-state index contributed by atoms with van der Waals surface area (Å²) in [6, 6.07) is 5.08. The maximum Gasteiger partial charge on any atom is 0.322 e. The Kier molecular flexibility index (Phi) is 5.22. The van der Waals surface area contributed by atoms with Crippen LogP contribution >= 0.6 is 0 Å². The van der Waals surface area contributed by atoms with Gasteiger partial charge in [0.1, 0.15) is 5.69 Å². The van der Waals surface area contributed by atoms with E-state index < -0.39 is 5.91 Å². The van der Waals surface area contributed by atoms with Crippen LogP contribution in [0.3, 0.4) is 0 Å². The van der Waals surface area contributed by atoms with Crippen LogP contribution in [-0.2, 0) is 4.74 Å². The minimum absolute atomic E-state index is 0.197. The zero-order valence-electron chi connectivity index (χ0n) is 18.9. The summed E-state index contributed by atoms with van der Waals surface area (Å²) in [6.07, 6.45) is 6.45. The Labute approximate surface area is 203 Å². The number of pyridine rings is 3. The number of hydrogen-bond donors (Lipinski definition) is 4. The van der Waals surface area contributed by atoms with Gasteiger partial charge in [-0.15, -0.1) is 0 Å². The predicted molar refractivity (Wildman–Crippen MR) is 130 cm³/mol. The van der Waals surface area contributed by atoms with Crippen molar-refractivity contribution in [2.45, 2.75) is 0 Å². The SMILES string of the molecule is NC(=O)c1ccnc2nc(-c3[nH]nc4ncc(-c5cncc(NC(=O)N6CCOCC6)c5)cc34)[nH]c12. The lowest BCUT2D eigenvalue weighted by molar-refractivity contribution is 0.0564. The first-order chi connectivity index (χ1) is 17.6. The number of carbonyl (C=O) groups is 2. The zero-order valence-corrected chi connectivity index (χ0v) is 18.9. The van der Waals surface area contributed by atoms with E-state index in [9.17, 15) is 9.59 Å². The van der Waals surface area contributed by atoms with E-state index in [1.165, 1.54) is 12.3 Å². The summed E-state index contributed by atoms with van der Waals surface area (Å²) in [5, 5.41) is 10.8. The number of hydrogen-bond acceptors (Lipinski definition) is 8. The van der Waals surface area contributed by atoms with E-state index in [4.69, 9.17) is 10.5 Å². The lowest BCUT2D eigenvalue weighted by Crippen LogP contribution is -2.43. The number of carbonyl (C=O) groups excluding carboxylic acids is 2. The van der Waals surface area contributed by atoms with Gasteiger partial charge in [-0.1, -0.05) is 0 Å². The van der Waals surface area contributed by atoms with Crippen LogP contribution in [0.4, 0.5) is 10.5 Å². The summed E-state index contributed by atoms with van der Waals surface area (Å²) in [5.41, 5.74) is 9.75. The second-order valence-corrected chi connectivity index (χ2v) is 8.19. The number of aromatic amines is 2. The number of ether oxygens (including phenoxy) is 1. The summed E-state index contributed by atoms with van der Waals surface area (Å²) in [4.78, 5) is 46.6. The monoisotopic (exact) mass is 484 g/mol. The fourth-order valence-corrected chi connectivity index (χ4v) is 4.11. The van der Waals surface area contributed by atoms with Gasteiger partial charge in [-0.3, -0.25) is 14.9 Å². The zero-order chi connectivity index (χ0) is 24.6. The van der Waals surface area contributed by atoms with Crippen LogP contribution in [0.1, 0.15) is 10.4 Å². The Hall–Kier alpha value is -4.91. The number of morpholine rings is 1. The molecule has 0 aromatic carbocycles. The van der Waals surface area contributed by atoms with Crippen LogP contribution in [0.25, 0.3) is 44.8 Å². The summed E-state index contributed by atoms with van der Waals surface area (Å²) in [6.45, 7) is 2.13. The third-order valence-electron chi connectivity index (χ3n) is 5.93. The van der Waals surface area contributed by atoms with Crippen LogP contribution in [0.15, 0.2) is 43.0 Å². The molecular weight excluding hydrogens is 464 g/mol. The molecule has 0 radical (unpaired) electrons. The molecule has 3 amide bonds. The highest BCUT2D eigenvalue weighted by molar-refractivity contribution is 6.04. The van der Waals surface area contributed by atoms with Crippen LogP contribution in [0.2, 0.25) is 0 Å². The van der Waals surface area contributed by atoms with E-state index in [1.54, 1.807) is 23.5 Å². The number of amides is 3. The molecule has 1 aliphatic heterocycles. The Bertz CT molecular complexity index is 1620. The number of nitrogens with zero attached hydrogens (tertiary/aromatic N) is 6. The van der Waals surface area contributed by atoms with E-state index in [-0.39, 0.29) is 6.03 Å². The van der Waals surface area contributed by atoms with Gasteiger partial charge in [0.25, 0.3) is 5.91 Å². The van der Waals surface area contributed by atoms with Crippen molar-refractivity contribution in [2.75, 3.05) is 31.6 Å². The number of urea groups is 1. The summed E-state index contributed by atoms with van der Waals surface area (Å²) >= 11 is 0. The number of H-pyrrole nitrogens is 2. The fourth-order valence-electron chi connectivity index (χ4n) is 4.11. The molecule has 36 heavy (non-hydrogen) atoms. The fraction of sp³-hybridized carbons (Fsp3) is 0.174. The first-order valence-corrected chi connectivity index (χ1v) is 11.1. The molecule has 6 rings (SSSR count). The number of anilines is 1. The third kappa shape index (κ3) is 3.86. The molecular formula is C23H20N10O3. The van der Waals surface area contributed by atoms with Crippen molar-refractivity contribution in [2.24, 2.45) is 5.73 Å². The Morgan fingerprint density at radius 3 is 2.72 bits per heavy atom. The van der Waals surface area contributed by atoms with Gasteiger partial charge in [-0.05, 0) is 18.2 Å². The van der Waals surface area contributed by atoms with Crippen molar-refractivity contribution in [3.05, 3.63) is 48.5 Å². The van der Waals surface area contributed by atoms with Gasteiger partial charge in [-0.25, -0.2) is 19.7 Å². The number of aromatic nitrogens is 7. The average Bonchev–Trinajstić information content (AvgIpc) is 3.52. The van der Waals surface area contributed by atoms with Crippen molar-refractivity contribution in [1.29, 1.82) is 0 Å². The van der Waals surface area contributed by atoms with Gasteiger partial charge in [0.05, 0.1) is 41.6 Å². The van der Waals surface area contributed by atoms with Gasteiger partial charge in [-0.2, -0.15) is 5.10 Å². The van der Waals surface area contributed by atoms with Crippen molar-refractivity contribution < 1.29 is 14.3 Å². The number of nitrogens with one attached hydrogen (secondary N) is 3. The number of nitrogens with two attached hydrogens (primary N) is 1. The maximum absolute atomic E-state index is 12.6. The summed E-state index contributed by atoms with van der Waals surface area (Å²) < 4.78 is 5.30. The minimum Gasteiger partial charge on any atom is -0.378 e. The van der Waals surface area contributed by atoms with Crippen molar-refractivity contribution in [3.63, 3.8) is 0 Å². The van der Waals surface area contributed by atoms with Gasteiger partial charge in [0, 0.05) is 42.8 Å². The molecule has 13 nitrogen and oxygen atoms in total. The van der Waals surface area contributed by atoms with Gasteiger partial charge >= 0.3 is 6.03 Å². The molecule has 1 aliphatic rings. The van der Waals surface area contributed by atoms with Crippen molar-refractivity contribution in [1.82, 2.24) is 40.0 Å². The van der Waals surface area contributed by atoms with Crippen molar-refractivity contribution >= 4 is 39.8 Å². The van der Waals surface area contributed by atoms with E-state index in [0.29, 0.717) is 71.3 Å². The molecule has 5 aromatic rings. The molecule has 1 fully saturated rings. The lowest BCUT2D eigenvalue weighted by atomic mass is 10.1. The Morgan fingerprint density at radius 1 is 1.06 bits per heavy atom. The van der Waals surface area contributed by atoms with Crippen molar-refractivity contribution in [3.8, 4) is 22.6 Å². The second-order valence-electron chi connectivity index (χ2n) is 8.19. The highest BCUT2D eigenvalue weighted by atomic mass is 16.5. The lowest BCUT2D eigenvalue weighted by Gasteiger charge is -2.26. The highest BCUT2D eigenvalue weighted by Gasteiger charge is 2.19. The quantitative estimate of drug-likeness (QED) is 0.298. The number of primary amides is 1. The molecule has 180 valence electrons. The molecule has 0 atom stereocenters. The molecule has 0 saturated carbocycles. The topological polar surface area (TPSA) is 181 Å². The minimum atomic E-state index is -0.580. The maximum atomic E-state index is 12.6. The van der Waals surface area contributed by atoms with E-state index in [2.05, 4.69) is 40.4 Å². The smallest absolute Gasteiger partial charge is 0.322 e. The first-order valence-electron chi connectivity index (χ1n) is 11.1. The van der Waals surface area contributed by atoms with Crippen LogP contribution < -0.4 is 11.1 Å². The number of rotatable bonds is 4. The third-order valence-corrected chi connectivity index (χ3v) is 5.93. The predicted octanol–water partition coefficient (Wildman–Crippen LogP) is 1.92. The van der Waals surface area contributed by atoms with E-state index in [0.717, 1.165) is 11.1 Å². The molecule has 0 unspecified atom stereocenters. The van der Waals surface area contributed by atoms with Gasteiger partial charge in [0.15, 0.2) is 17.1 Å². The molecule has 0 aliphatic carbocycles. The van der Waals surface area contributed by atoms with Crippen LogP contribution in [-0.4, -0.2) is 78.3 Å². The standard InChI is InChI=1S/C23H20N10O3/c24-19(34)15-1-2-26-21-17(15)29-22(30-21)18-16-8-13(10-27-20(16)32-31-18)12-7-14(11-25-9-12)28-23(35)33-3-5-36-6-4-33/h1-2,7-11H,3-6H2,(H2,24,34)(H,28,35)(H,26,29,30)(H,27,31,32). The highest BCUT2D eigenvalue weighted by Crippen LogP contribution is 2.30. The first kappa shape index (κ1) is 21.6. The largest absolute Gasteiger partial charge is 0.378 e. The molecule has 5 N–H and O–H groups in total. The Balaban J connectivity index is 1.34. The molecule has 6 heterocycles. The average molecular weight is 484 g/mol. The molecule has 0 spiro atoms. The van der Waals surface area contributed by atoms with Crippen LogP contribution in [0.5, 0.6) is 0 Å². The van der Waals surface area contributed by atoms with E-state index >= 15 is 0 Å². The van der Waals surface area contributed by atoms with Gasteiger partial charge < -0.3 is 25.7 Å². The van der Waals surface area contributed by atoms with Crippen LogP contribution in [0, 0.1) is 0 Å². The molecule has 0 bridgehead atoms. The number of fused-ring (bicyclic) bond motifs is 2. The molecule has 1 saturated heterocycles. The Morgan fingerprint density at radius 2 is 1.89 bits per heavy atom. The summed E-state index contributed by atoms with van der Waals surface area (Å²) in [5.74, 6) is -0.138. The van der Waals surface area contributed by atoms with Gasteiger partial charge in [0.2, 0.25) is 0 Å². The normalized spacial score (nSPS) is 13.8. The number of imidazole rings is 1. The molecule has 5 aromatic heterocycles. The summed E-state index contributed by atoms with van der Waals surface area (Å²) in [7, 11) is 0. The van der Waals surface area contributed by atoms with E-state index in [1.807, 2.05) is 12.1 Å². The molecule has 13 heteroatoms. The second kappa shape index (κ2) is 8.70.